The van der Waals surface area contributed by atoms with Gasteiger partial charge < -0.3 is 15.2 Å². The van der Waals surface area contributed by atoms with E-state index in [0.717, 1.165) is 25.2 Å². The molecule has 1 aliphatic rings. The number of hydrogen-bond acceptors (Lipinski definition) is 3. The summed E-state index contributed by atoms with van der Waals surface area (Å²) < 4.78 is 11.2. The maximum Gasteiger partial charge on any atom is 0.142 e. The van der Waals surface area contributed by atoms with Gasteiger partial charge in [0, 0.05) is 13.0 Å². The van der Waals surface area contributed by atoms with Crippen LogP contribution in [0.2, 0.25) is 0 Å². The second kappa shape index (κ2) is 5.21. The van der Waals surface area contributed by atoms with E-state index in [9.17, 15) is 0 Å². The molecular formula is C13H19NO2. The van der Waals surface area contributed by atoms with Crippen molar-refractivity contribution >= 4 is 5.69 Å². The van der Waals surface area contributed by atoms with Gasteiger partial charge in [-0.05, 0) is 37.5 Å². The van der Waals surface area contributed by atoms with Crippen LogP contribution in [0.5, 0.6) is 5.75 Å². The van der Waals surface area contributed by atoms with Crippen molar-refractivity contribution in [3.63, 3.8) is 0 Å². The van der Waals surface area contributed by atoms with E-state index in [1.54, 1.807) is 0 Å². The highest BCUT2D eigenvalue weighted by atomic mass is 16.5. The molecule has 1 heterocycles. The van der Waals surface area contributed by atoms with Crippen molar-refractivity contribution in [2.24, 2.45) is 0 Å². The third kappa shape index (κ3) is 2.89. The summed E-state index contributed by atoms with van der Waals surface area (Å²) in [6, 6.07) is 5.85. The van der Waals surface area contributed by atoms with Crippen LogP contribution in [0.15, 0.2) is 18.2 Å². The molecule has 1 aromatic rings. The molecule has 1 saturated heterocycles. The molecule has 16 heavy (non-hydrogen) atoms. The molecule has 3 heteroatoms. The molecule has 2 rings (SSSR count). The molecule has 0 radical (unpaired) electrons. The molecule has 1 aromatic carbocycles. The average molecular weight is 221 g/mol. The number of nitrogen functional groups attached to an aromatic ring is 1. The highest BCUT2D eigenvalue weighted by Gasteiger charge is 2.15. The molecule has 2 N–H and O–H groups in total. The summed E-state index contributed by atoms with van der Waals surface area (Å²) in [5, 5.41) is 0. The number of benzene rings is 1. The lowest BCUT2D eigenvalue weighted by Crippen LogP contribution is -2.11. The quantitative estimate of drug-likeness (QED) is 0.794. The van der Waals surface area contributed by atoms with Gasteiger partial charge in [0.05, 0.1) is 18.4 Å². The number of aryl methyl sites for hydroxylation is 1. The lowest BCUT2D eigenvalue weighted by atomic mass is 10.2. The van der Waals surface area contributed by atoms with E-state index in [4.69, 9.17) is 15.2 Å². The second-order valence-electron chi connectivity index (χ2n) is 4.31. The van der Waals surface area contributed by atoms with Crippen molar-refractivity contribution in [2.45, 2.75) is 32.3 Å². The molecule has 0 bridgehead atoms. The fourth-order valence-corrected chi connectivity index (χ4v) is 1.94. The van der Waals surface area contributed by atoms with E-state index < -0.39 is 0 Å². The lowest BCUT2D eigenvalue weighted by molar-refractivity contribution is 0.0904. The third-order valence-electron chi connectivity index (χ3n) is 2.89. The summed E-state index contributed by atoms with van der Waals surface area (Å²) in [6.45, 7) is 3.61. The number of hydrogen-bond donors (Lipinski definition) is 1. The molecule has 1 aliphatic heterocycles. The van der Waals surface area contributed by atoms with Crippen molar-refractivity contribution in [1.82, 2.24) is 0 Å². The molecule has 0 aromatic heterocycles. The van der Waals surface area contributed by atoms with Gasteiger partial charge in [0.1, 0.15) is 5.75 Å². The van der Waals surface area contributed by atoms with E-state index in [1.165, 1.54) is 12.0 Å². The highest BCUT2D eigenvalue weighted by molar-refractivity contribution is 5.53. The molecule has 0 spiro atoms. The standard InChI is InChI=1S/C13H19NO2/c1-10-4-5-12(14)13(9-10)16-8-6-11-3-2-7-15-11/h4-5,9,11H,2-3,6-8,14H2,1H3. The highest BCUT2D eigenvalue weighted by Crippen LogP contribution is 2.23. The predicted molar refractivity (Wildman–Crippen MR) is 64.7 cm³/mol. The van der Waals surface area contributed by atoms with Crippen LogP contribution < -0.4 is 10.5 Å². The summed E-state index contributed by atoms with van der Waals surface area (Å²) >= 11 is 0. The number of anilines is 1. The minimum atomic E-state index is 0.381. The number of ether oxygens (including phenoxy) is 2. The Balaban J connectivity index is 1.82. The molecule has 0 aliphatic carbocycles. The van der Waals surface area contributed by atoms with Crippen molar-refractivity contribution in [2.75, 3.05) is 18.9 Å². The van der Waals surface area contributed by atoms with Gasteiger partial charge in [0.2, 0.25) is 0 Å². The van der Waals surface area contributed by atoms with Crippen LogP contribution in [-0.2, 0) is 4.74 Å². The molecule has 3 nitrogen and oxygen atoms in total. The normalized spacial score (nSPS) is 19.9. The summed E-state index contributed by atoms with van der Waals surface area (Å²) in [5.74, 6) is 0.790. The zero-order valence-corrected chi connectivity index (χ0v) is 9.74. The zero-order chi connectivity index (χ0) is 11.4. The van der Waals surface area contributed by atoms with Crippen molar-refractivity contribution < 1.29 is 9.47 Å². The van der Waals surface area contributed by atoms with E-state index in [2.05, 4.69) is 0 Å². The summed E-state index contributed by atoms with van der Waals surface area (Å²) in [7, 11) is 0. The second-order valence-corrected chi connectivity index (χ2v) is 4.31. The molecular weight excluding hydrogens is 202 g/mol. The van der Waals surface area contributed by atoms with Gasteiger partial charge in [0.25, 0.3) is 0 Å². The Kier molecular flexibility index (Phi) is 3.67. The zero-order valence-electron chi connectivity index (χ0n) is 9.74. The van der Waals surface area contributed by atoms with Crippen LogP contribution in [0.1, 0.15) is 24.8 Å². The van der Waals surface area contributed by atoms with Crippen LogP contribution in [0.4, 0.5) is 5.69 Å². The van der Waals surface area contributed by atoms with Crippen LogP contribution in [0, 0.1) is 6.92 Å². The monoisotopic (exact) mass is 221 g/mol. The maximum absolute atomic E-state index is 5.83. The van der Waals surface area contributed by atoms with Crippen LogP contribution in [-0.4, -0.2) is 19.3 Å². The third-order valence-corrected chi connectivity index (χ3v) is 2.89. The first-order valence-electron chi connectivity index (χ1n) is 5.86. The number of rotatable bonds is 4. The first kappa shape index (κ1) is 11.3. The topological polar surface area (TPSA) is 44.5 Å². The van der Waals surface area contributed by atoms with Gasteiger partial charge >= 0.3 is 0 Å². The SMILES string of the molecule is Cc1ccc(N)c(OCCC2CCCO2)c1. The molecule has 0 saturated carbocycles. The first-order chi connectivity index (χ1) is 7.75. The van der Waals surface area contributed by atoms with E-state index in [-0.39, 0.29) is 0 Å². The Morgan fingerprint density at radius 3 is 3.12 bits per heavy atom. The van der Waals surface area contributed by atoms with Crippen LogP contribution in [0.25, 0.3) is 0 Å². The van der Waals surface area contributed by atoms with Gasteiger partial charge in [-0.1, -0.05) is 6.07 Å². The summed E-state index contributed by atoms with van der Waals surface area (Å²) in [4.78, 5) is 0. The summed E-state index contributed by atoms with van der Waals surface area (Å²) in [6.07, 6.45) is 3.67. The van der Waals surface area contributed by atoms with E-state index >= 15 is 0 Å². The Morgan fingerprint density at radius 2 is 2.38 bits per heavy atom. The smallest absolute Gasteiger partial charge is 0.142 e. The van der Waals surface area contributed by atoms with Crippen molar-refractivity contribution in [1.29, 1.82) is 0 Å². The minimum Gasteiger partial charge on any atom is -0.491 e. The van der Waals surface area contributed by atoms with E-state index in [0.29, 0.717) is 18.4 Å². The number of nitrogens with two attached hydrogens (primary N) is 1. The predicted octanol–water partition coefficient (Wildman–Crippen LogP) is 2.53. The van der Waals surface area contributed by atoms with Gasteiger partial charge in [-0.2, -0.15) is 0 Å². The van der Waals surface area contributed by atoms with Crippen LogP contribution >= 0.6 is 0 Å². The molecule has 1 atom stereocenters. The fraction of sp³-hybridized carbons (Fsp3) is 0.538. The molecule has 1 unspecified atom stereocenters. The fourth-order valence-electron chi connectivity index (χ4n) is 1.94. The largest absolute Gasteiger partial charge is 0.491 e. The Bertz CT molecular complexity index is 346. The lowest BCUT2D eigenvalue weighted by Gasteiger charge is -2.12. The Labute approximate surface area is 96.5 Å². The van der Waals surface area contributed by atoms with Crippen molar-refractivity contribution in [3.05, 3.63) is 23.8 Å². The van der Waals surface area contributed by atoms with E-state index in [1.807, 2.05) is 25.1 Å². The minimum absolute atomic E-state index is 0.381. The van der Waals surface area contributed by atoms with Gasteiger partial charge in [-0.3, -0.25) is 0 Å². The average Bonchev–Trinajstić information content (AvgIpc) is 2.76. The molecule has 0 amide bonds. The Hall–Kier alpha value is -1.22. The van der Waals surface area contributed by atoms with Gasteiger partial charge in [0.15, 0.2) is 0 Å². The Morgan fingerprint density at radius 1 is 1.50 bits per heavy atom. The van der Waals surface area contributed by atoms with Gasteiger partial charge in [-0.15, -0.1) is 0 Å². The maximum atomic E-state index is 5.83. The van der Waals surface area contributed by atoms with Crippen LogP contribution in [0.3, 0.4) is 0 Å². The summed E-state index contributed by atoms with van der Waals surface area (Å²) in [5.41, 5.74) is 7.70. The molecule has 1 fully saturated rings. The van der Waals surface area contributed by atoms with Gasteiger partial charge in [-0.25, -0.2) is 0 Å². The first-order valence-corrected chi connectivity index (χ1v) is 5.86. The molecule has 88 valence electrons. The van der Waals surface area contributed by atoms with Crippen molar-refractivity contribution in [3.8, 4) is 5.75 Å².